The quantitative estimate of drug-likeness (QED) is 0.146. The van der Waals surface area contributed by atoms with Crippen LogP contribution >= 0.6 is 0 Å². The molecule has 1 atom stereocenters. The molecule has 0 amide bonds. The Hall–Kier alpha value is -1.34. The molecule has 0 bridgehead atoms. The van der Waals surface area contributed by atoms with E-state index in [4.69, 9.17) is 27.3 Å². The van der Waals surface area contributed by atoms with Gasteiger partial charge >= 0.3 is 5.97 Å². The first-order chi connectivity index (χ1) is 7.07. The van der Waals surface area contributed by atoms with Gasteiger partial charge in [0, 0.05) is 13.1 Å². The molecule has 1 unspecified atom stereocenters. The zero-order valence-corrected chi connectivity index (χ0v) is 8.66. The molecule has 0 saturated carbocycles. The fourth-order valence-corrected chi connectivity index (χ4v) is 0.929. The van der Waals surface area contributed by atoms with Crippen molar-refractivity contribution in [1.82, 2.24) is 5.32 Å². The molecule has 15 heavy (non-hydrogen) atoms. The van der Waals surface area contributed by atoms with Crippen LogP contribution in [0.3, 0.4) is 0 Å². The largest absolute Gasteiger partial charge is 0.463 e. The molecule has 0 heterocycles. The number of ether oxygens (including phenoxy) is 1. The smallest absolute Gasteiger partial charge is 0.322 e. The van der Waals surface area contributed by atoms with E-state index >= 15 is 0 Å². The molecule has 0 spiro atoms. The second-order valence-corrected chi connectivity index (χ2v) is 3.05. The normalized spacial score (nSPS) is 11.9. The van der Waals surface area contributed by atoms with Gasteiger partial charge in [0.2, 0.25) is 0 Å². The van der Waals surface area contributed by atoms with Crippen LogP contribution in [0.4, 0.5) is 0 Å². The Labute approximate surface area is 88.8 Å². The fourth-order valence-electron chi connectivity index (χ4n) is 0.929. The van der Waals surface area contributed by atoms with Crippen LogP contribution < -0.4 is 22.5 Å². The molecule has 0 aliphatic rings. The van der Waals surface area contributed by atoms with Crippen LogP contribution in [0.5, 0.6) is 0 Å². The number of guanidine groups is 1. The summed E-state index contributed by atoms with van der Waals surface area (Å²) in [5, 5.41) is 9.50. The summed E-state index contributed by atoms with van der Waals surface area (Å²) in [4.78, 5) is 11.1. The molecule has 0 aromatic heterocycles. The highest BCUT2D eigenvalue weighted by Gasteiger charge is 2.13. The molecular formula is C8H19N5O2. The molecule has 7 heteroatoms. The van der Waals surface area contributed by atoms with Crippen molar-refractivity contribution in [3.8, 4) is 0 Å². The molecule has 0 aromatic carbocycles. The highest BCUT2D eigenvalue weighted by Crippen LogP contribution is 1.95. The first-order valence-corrected chi connectivity index (χ1v) is 4.78. The van der Waals surface area contributed by atoms with Crippen LogP contribution in [0, 0.1) is 5.41 Å². The van der Waals surface area contributed by atoms with Crippen molar-refractivity contribution < 1.29 is 9.53 Å². The van der Waals surface area contributed by atoms with Crippen LogP contribution in [-0.2, 0) is 9.53 Å². The molecule has 0 fully saturated rings. The Morgan fingerprint density at radius 3 is 2.73 bits per heavy atom. The lowest BCUT2D eigenvalue weighted by atomic mass is 10.2. The second-order valence-electron chi connectivity index (χ2n) is 3.05. The lowest BCUT2D eigenvalue weighted by molar-refractivity contribution is -0.145. The maximum Gasteiger partial charge on any atom is 0.322 e. The van der Waals surface area contributed by atoms with Crippen LogP contribution in [0.15, 0.2) is 0 Å². The van der Waals surface area contributed by atoms with Gasteiger partial charge in [-0.2, -0.15) is 0 Å². The average molecular weight is 217 g/mol. The van der Waals surface area contributed by atoms with E-state index in [0.29, 0.717) is 25.9 Å². The maximum atomic E-state index is 11.1. The van der Waals surface area contributed by atoms with Gasteiger partial charge in [-0.15, -0.1) is 0 Å². The van der Waals surface area contributed by atoms with Gasteiger partial charge in [0.05, 0.1) is 0 Å². The van der Waals surface area contributed by atoms with E-state index in [9.17, 15) is 4.79 Å². The van der Waals surface area contributed by atoms with Gasteiger partial charge in [0.25, 0.3) is 0 Å². The summed E-state index contributed by atoms with van der Waals surface area (Å²) in [5.74, 6) is -0.530. The van der Waals surface area contributed by atoms with Crippen molar-refractivity contribution in [1.29, 1.82) is 5.41 Å². The Morgan fingerprint density at radius 1 is 1.53 bits per heavy atom. The lowest BCUT2D eigenvalue weighted by Gasteiger charge is -2.10. The van der Waals surface area contributed by atoms with Crippen LogP contribution in [-0.4, -0.2) is 37.7 Å². The van der Waals surface area contributed by atoms with Gasteiger partial charge in [-0.25, -0.2) is 0 Å². The van der Waals surface area contributed by atoms with Crippen molar-refractivity contribution in [3.05, 3.63) is 0 Å². The van der Waals surface area contributed by atoms with Crippen molar-refractivity contribution in [2.75, 3.05) is 19.7 Å². The van der Waals surface area contributed by atoms with Gasteiger partial charge in [0.1, 0.15) is 12.6 Å². The number of esters is 1. The monoisotopic (exact) mass is 217 g/mol. The predicted molar refractivity (Wildman–Crippen MR) is 57.1 cm³/mol. The summed E-state index contributed by atoms with van der Waals surface area (Å²) in [6, 6.07) is -0.634. The number of nitrogens with one attached hydrogen (secondary N) is 2. The molecule has 0 aromatic rings. The second kappa shape index (κ2) is 8.01. The third kappa shape index (κ3) is 7.71. The number of hydrogen-bond donors (Lipinski definition) is 5. The van der Waals surface area contributed by atoms with Crippen LogP contribution in [0.25, 0.3) is 0 Å². The van der Waals surface area contributed by atoms with Gasteiger partial charge in [0.15, 0.2) is 5.96 Å². The summed E-state index contributed by atoms with van der Waals surface area (Å²) in [5.41, 5.74) is 15.8. The van der Waals surface area contributed by atoms with E-state index in [2.05, 4.69) is 5.32 Å². The minimum absolute atomic E-state index is 0.0886. The van der Waals surface area contributed by atoms with E-state index in [-0.39, 0.29) is 12.6 Å². The average Bonchev–Trinajstić information content (AvgIpc) is 2.20. The van der Waals surface area contributed by atoms with Crippen LogP contribution in [0.2, 0.25) is 0 Å². The number of carbonyl (C=O) groups is 1. The summed E-state index contributed by atoms with van der Waals surface area (Å²) in [6.07, 6.45) is 1.14. The van der Waals surface area contributed by atoms with Gasteiger partial charge < -0.3 is 27.3 Å². The zero-order valence-electron chi connectivity index (χ0n) is 8.66. The van der Waals surface area contributed by atoms with Crippen molar-refractivity contribution in [2.24, 2.45) is 17.2 Å². The third-order valence-electron chi connectivity index (χ3n) is 1.67. The third-order valence-corrected chi connectivity index (χ3v) is 1.67. The number of carbonyl (C=O) groups excluding carboxylic acids is 1. The van der Waals surface area contributed by atoms with Gasteiger partial charge in [-0.05, 0) is 12.8 Å². The minimum atomic E-state index is -0.634. The number of rotatable bonds is 7. The molecule has 0 rings (SSSR count). The molecule has 88 valence electrons. The van der Waals surface area contributed by atoms with Crippen molar-refractivity contribution in [2.45, 2.75) is 18.9 Å². The summed E-state index contributed by atoms with van der Waals surface area (Å²) < 4.78 is 4.75. The molecule has 0 aliphatic carbocycles. The van der Waals surface area contributed by atoms with Crippen molar-refractivity contribution in [3.63, 3.8) is 0 Å². The zero-order chi connectivity index (χ0) is 11.7. The van der Waals surface area contributed by atoms with E-state index in [0.717, 1.165) is 0 Å². The van der Waals surface area contributed by atoms with Gasteiger partial charge in [-0.3, -0.25) is 10.2 Å². The first-order valence-electron chi connectivity index (χ1n) is 4.78. The molecule has 8 N–H and O–H groups in total. The summed E-state index contributed by atoms with van der Waals surface area (Å²) in [7, 11) is 0. The predicted octanol–water partition coefficient (Wildman–Crippen LogP) is -1.92. The van der Waals surface area contributed by atoms with Gasteiger partial charge in [-0.1, -0.05) is 0 Å². The molecule has 0 saturated heterocycles. The van der Waals surface area contributed by atoms with E-state index in [1.807, 2.05) is 0 Å². The Bertz CT molecular complexity index is 209. The Morgan fingerprint density at radius 2 is 2.20 bits per heavy atom. The highest BCUT2D eigenvalue weighted by molar-refractivity contribution is 5.75. The number of hydrogen-bond acceptors (Lipinski definition) is 5. The first kappa shape index (κ1) is 13.7. The van der Waals surface area contributed by atoms with E-state index in [1.54, 1.807) is 0 Å². The molecular weight excluding hydrogens is 198 g/mol. The van der Waals surface area contributed by atoms with E-state index in [1.165, 1.54) is 0 Å². The standard InChI is InChI=1S/C8H19N5O2/c9-3-5-15-7(14)6(10)2-1-4-13-8(11)12/h6H,1-5,9-10H2,(H4,11,12,13). The SMILES string of the molecule is N=C(N)NCCCC(N)C(=O)OCCN. The fraction of sp³-hybridized carbons (Fsp3) is 0.750. The Balaban J connectivity index is 3.50. The topological polar surface area (TPSA) is 140 Å². The number of nitrogens with two attached hydrogens (primary N) is 3. The molecule has 0 aliphatic heterocycles. The Kier molecular flexibility index (Phi) is 7.29. The highest BCUT2D eigenvalue weighted by atomic mass is 16.5. The van der Waals surface area contributed by atoms with Crippen LogP contribution in [0.1, 0.15) is 12.8 Å². The molecule has 7 nitrogen and oxygen atoms in total. The minimum Gasteiger partial charge on any atom is -0.463 e. The lowest BCUT2D eigenvalue weighted by Crippen LogP contribution is -2.35. The van der Waals surface area contributed by atoms with E-state index < -0.39 is 12.0 Å². The van der Waals surface area contributed by atoms with Crippen molar-refractivity contribution >= 4 is 11.9 Å². The molecule has 0 radical (unpaired) electrons. The summed E-state index contributed by atoms with van der Waals surface area (Å²) >= 11 is 0. The maximum absolute atomic E-state index is 11.1. The summed E-state index contributed by atoms with van der Waals surface area (Å²) in [6.45, 7) is 1.01.